The number of carbonyl (C=O) groups excluding carboxylic acids is 1. The van der Waals surface area contributed by atoms with Crippen molar-refractivity contribution < 1.29 is 14.7 Å². The Hall–Kier alpha value is -2.08. The van der Waals surface area contributed by atoms with Crippen molar-refractivity contribution in [3.63, 3.8) is 0 Å². The molecular formula is C16H21N3O3. The second kappa shape index (κ2) is 5.96. The lowest BCUT2D eigenvalue weighted by molar-refractivity contribution is -0.139. The van der Waals surface area contributed by atoms with Gasteiger partial charge in [-0.1, -0.05) is 30.3 Å². The van der Waals surface area contributed by atoms with Crippen LogP contribution in [-0.2, 0) is 11.3 Å². The Morgan fingerprint density at radius 1 is 1.18 bits per heavy atom. The van der Waals surface area contributed by atoms with E-state index >= 15 is 0 Å². The largest absolute Gasteiger partial charge is 0.465 e. The highest BCUT2D eigenvalue weighted by Crippen LogP contribution is 2.31. The highest BCUT2D eigenvalue weighted by atomic mass is 16.4. The van der Waals surface area contributed by atoms with Crippen LogP contribution in [0.25, 0.3) is 0 Å². The Labute approximate surface area is 129 Å². The minimum Gasteiger partial charge on any atom is -0.465 e. The van der Waals surface area contributed by atoms with Crippen molar-refractivity contribution in [2.75, 3.05) is 26.2 Å². The van der Waals surface area contributed by atoms with Gasteiger partial charge in [0.2, 0.25) is 5.91 Å². The Bertz CT molecular complexity index is 553. The molecule has 22 heavy (non-hydrogen) atoms. The molecule has 2 aliphatic heterocycles. The van der Waals surface area contributed by atoms with Crippen LogP contribution in [0, 0.1) is 0 Å². The third-order valence-corrected chi connectivity index (χ3v) is 4.72. The van der Waals surface area contributed by atoms with E-state index in [1.54, 1.807) is 0 Å². The maximum absolute atomic E-state index is 12.3. The van der Waals surface area contributed by atoms with Gasteiger partial charge >= 0.3 is 6.09 Å². The Kier molecular flexibility index (Phi) is 4.02. The van der Waals surface area contributed by atoms with Crippen molar-refractivity contribution >= 4 is 12.0 Å². The van der Waals surface area contributed by atoms with Crippen LogP contribution >= 0.6 is 0 Å². The quantitative estimate of drug-likeness (QED) is 0.859. The van der Waals surface area contributed by atoms with Crippen LogP contribution in [0.3, 0.4) is 0 Å². The molecule has 2 fully saturated rings. The fourth-order valence-corrected chi connectivity index (χ4v) is 3.48. The minimum absolute atomic E-state index is 0.138. The number of piperidine rings is 1. The second-order valence-electron chi connectivity index (χ2n) is 5.98. The van der Waals surface area contributed by atoms with Crippen LogP contribution in [0.5, 0.6) is 0 Å². The van der Waals surface area contributed by atoms with Crippen LogP contribution < -0.4 is 5.32 Å². The maximum atomic E-state index is 12.3. The van der Waals surface area contributed by atoms with Gasteiger partial charge in [-0.05, 0) is 18.4 Å². The number of carbonyl (C=O) groups is 2. The molecular weight excluding hydrogens is 282 g/mol. The monoisotopic (exact) mass is 303 g/mol. The summed E-state index contributed by atoms with van der Waals surface area (Å²) in [5.41, 5.74) is 0.360. The molecule has 0 bridgehead atoms. The number of hydrogen-bond acceptors (Lipinski definition) is 3. The molecule has 1 aromatic rings. The van der Waals surface area contributed by atoms with E-state index in [2.05, 4.69) is 22.3 Å². The first-order valence-electron chi connectivity index (χ1n) is 7.67. The minimum atomic E-state index is -0.994. The molecule has 118 valence electrons. The highest BCUT2D eigenvalue weighted by molar-refractivity contribution is 5.90. The van der Waals surface area contributed by atoms with Crippen molar-refractivity contribution in [1.82, 2.24) is 15.1 Å². The van der Waals surface area contributed by atoms with E-state index < -0.39 is 11.6 Å². The molecule has 0 atom stereocenters. The van der Waals surface area contributed by atoms with Crippen molar-refractivity contribution in [2.24, 2.45) is 0 Å². The average Bonchev–Trinajstić information content (AvgIpc) is 2.53. The predicted octanol–water partition coefficient (Wildman–Crippen LogP) is 1.13. The molecule has 0 saturated carbocycles. The van der Waals surface area contributed by atoms with E-state index in [4.69, 9.17) is 0 Å². The summed E-state index contributed by atoms with van der Waals surface area (Å²) in [6.45, 7) is 3.07. The summed E-state index contributed by atoms with van der Waals surface area (Å²) in [6.07, 6.45) is 0.113. The van der Waals surface area contributed by atoms with E-state index in [0.717, 1.165) is 19.6 Å². The number of hydrogen-bond donors (Lipinski definition) is 2. The van der Waals surface area contributed by atoms with E-state index in [0.29, 0.717) is 25.9 Å². The summed E-state index contributed by atoms with van der Waals surface area (Å²) in [4.78, 5) is 27.4. The van der Waals surface area contributed by atoms with Crippen molar-refractivity contribution in [3.8, 4) is 0 Å². The summed E-state index contributed by atoms with van der Waals surface area (Å²) in [5, 5.41) is 12.2. The number of piperazine rings is 1. The molecule has 2 amide bonds. The Morgan fingerprint density at radius 2 is 1.86 bits per heavy atom. The third kappa shape index (κ3) is 2.66. The summed E-state index contributed by atoms with van der Waals surface area (Å²) >= 11 is 0. The van der Waals surface area contributed by atoms with Gasteiger partial charge in [-0.3, -0.25) is 14.6 Å². The molecule has 3 rings (SSSR count). The second-order valence-corrected chi connectivity index (χ2v) is 5.98. The lowest BCUT2D eigenvalue weighted by atomic mass is 9.83. The Balaban J connectivity index is 1.68. The van der Waals surface area contributed by atoms with E-state index in [1.165, 1.54) is 10.5 Å². The lowest BCUT2D eigenvalue weighted by Gasteiger charge is -2.48. The molecule has 6 nitrogen and oxygen atoms in total. The normalized spacial score (nSPS) is 21.6. The van der Waals surface area contributed by atoms with Crippen LogP contribution in [0.15, 0.2) is 30.3 Å². The molecule has 2 heterocycles. The van der Waals surface area contributed by atoms with Gasteiger partial charge in [0.1, 0.15) is 5.54 Å². The molecule has 1 aromatic carbocycles. The SMILES string of the molecule is O=C(O)N1CCNC(=O)C12CCN(Cc1ccccc1)CC2. The first-order valence-corrected chi connectivity index (χ1v) is 7.67. The van der Waals surface area contributed by atoms with Crippen molar-refractivity contribution in [3.05, 3.63) is 35.9 Å². The summed E-state index contributed by atoms with van der Waals surface area (Å²) in [7, 11) is 0. The topological polar surface area (TPSA) is 72.9 Å². The standard InChI is InChI=1S/C16H21N3O3/c20-14-16(19(15(21)22)11-8-17-14)6-9-18(10-7-16)12-13-4-2-1-3-5-13/h1-5H,6-12H2,(H,17,20)(H,21,22). The van der Waals surface area contributed by atoms with E-state index in [1.807, 2.05) is 18.2 Å². The van der Waals surface area contributed by atoms with E-state index in [9.17, 15) is 14.7 Å². The van der Waals surface area contributed by atoms with Crippen molar-refractivity contribution in [2.45, 2.75) is 24.9 Å². The lowest BCUT2D eigenvalue weighted by Crippen LogP contribution is -2.69. The first-order chi connectivity index (χ1) is 10.6. The fourth-order valence-electron chi connectivity index (χ4n) is 3.48. The van der Waals surface area contributed by atoms with Gasteiger partial charge in [0.25, 0.3) is 0 Å². The van der Waals surface area contributed by atoms with Gasteiger partial charge in [0, 0.05) is 32.7 Å². The molecule has 1 spiro atoms. The molecule has 2 N–H and O–H groups in total. The number of carboxylic acid groups (broad SMARTS) is 1. The maximum Gasteiger partial charge on any atom is 0.408 e. The highest BCUT2D eigenvalue weighted by Gasteiger charge is 2.50. The third-order valence-electron chi connectivity index (χ3n) is 4.72. The van der Waals surface area contributed by atoms with Gasteiger partial charge in [-0.25, -0.2) is 4.79 Å². The smallest absolute Gasteiger partial charge is 0.408 e. The van der Waals surface area contributed by atoms with Gasteiger partial charge in [-0.2, -0.15) is 0 Å². The average molecular weight is 303 g/mol. The number of amides is 2. The zero-order chi connectivity index (χ0) is 15.6. The first kappa shape index (κ1) is 14.8. The fraction of sp³-hybridized carbons (Fsp3) is 0.500. The summed E-state index contributed by atoms with van der Waals surface area (Å²) < 4.78 is 0. The number of rotatable bonds is 2. The number of nitrogens with zero attached hydrogens (tertiary/aromatic N) is 2. The van der Waals surface area contributed by atoms with Crippen LogP contribution in [0.4, 0.5) is 4.79 Å². The molecule has 6 heteroatoms. The zero-order valence-corrected chi connectivity index (χ0v) is 12.5. The zero-order valence-electron chi connectivity index (χ0n) is 12.5. The summed E-state index contributed by atoms with van der Waals surface area (Å²) in [6, 6.07) is 10.2. The molecule has 0 radical (unpaired) electrons. The molecule has 2 saturated heterocycles. The van der Waals surface area contributed by atoms with E-state index in [-0.39, 0.29) is 5.91 Å². The van der Waals surface area contributed by atoms with Gasteiger partial charge < -0.3 is 10.4 Å². The van der Waals surface area contributed by atoms with Crippen molar-refractivity contribution in [1.29, 1.82) is 0 Å². The molecule has 2 aliphatic rings. The number of nitrogens with one attached hydrogen (secondary N) is 1. The van der Waals surface area contributed by atoms with Gasteiger partial charge in [0.15, 0.2) is 0 Å². The molecule has 0 aromatic heterocycles. The predicted molar refractivity (Wildman–Crippen MR) is 81.4 cm³/mol. The summed E-state index contributed by atoms with van der Waals surface area (Å²) in [5.74, 6) is -0.138. The molecule has 0 aliphatic carbocycles. The van der Waals surface area contributed by atoms with Gasteiger partial charge in [0.05, 0.1) is 0 Å². The van der Waals surface area contributed by atoms with Crippen LogP contribution in [-0.4, -0.2) is 58.6 Å². The number of likely N-dealkylation sites (tertiary alicyclic amines) is 1. The molecule has 0 unspecified atom stereocenters. The van der Waals surface area contributed by atoms with Crippen LogP contribution in [0.1, 0.15) is 18.4 Å². The van der Waals surface area contributed by atoms with Crippen LogP contribution in [0.2, 0.25) is 0 Å². The van der Waals surface area contributed by atoms with Gasteiger partial charge in [-0.15, -0.1) is 0 Å². The Morgan fingerprint density at radius 3 is 2.50 bits per heavy atom. The number of benzene rings is 1.